The number of likely N-dealkylation sites (tertiary alicyclic amines) is 1. The van der Waals surface area contributed by atoms with Crippen LogP contribution in [0.15, 0.2) is 42.5 Å². The van der Waals surface area contributed by atoms with Crippen molar-refractivity contribution in [3.05, 3.63) is 58.9 Å². The van der Waals surface area contributed by atoms with Crippen molar-refractivity contribution < 1.29 is 23.5 Å². The number of methoxy groups -OCH3 is 1. The van der Waals surface area contributed by atoms with Crippen molar-refractivity contribution in [2.75, 3.05) is 39.1 Å². The molecule has 0 unspecified atom stereocenters. The minimum absolute atomic E-state index is 0.122. The number of carbonyl (C=O) groups excluding carboxylic acids is 3. The number of hydrogen-bond acceptors (Lipinski definition) is 4. The largest absolute Gasteiger partial charge is 0.495 e. The molecule has 2 aromatic rings. The smallest absolute Gasteiger partial charge is 0.253 e. The predicted molar refractivity (Wildman–Crippen MR) is 119 cm³/mol. The van der Waals surface area contributed by atoms with Gasteiger partial charge in [-0.15, -0.1) is 0 Å². The van der Waals surface area contributed by atoms with E-state index in [0.717, 1.165) is 0 Å². The van der Waals surface area contributed by atoms with E-state index in [1.807, 2.05) is 0 Å². The van der Waals surface area contributed by atoms with Gasteiger partial charge in [-0.1, -0.05) is 11.6 Å². The second kappa shape index (κ2) is 10.5. The summed E-state index contributed by atoms with van der Waals surface area (Å²) in [4.78, 5) is 40.8. The molecule has 1 heterocycles. The summed E-state index contributed by atoms with van der Waals surface area (Å²) in [6.07, 6.45) is 1.000. The van der Waals surface area contributed by atoms with Crippen LogP contribution in [0, 0.1) is 11.7 Å². The minimum atomic E-state index is -0.397. The van der Waals surface area contributed by atoms with Crippen LogP contribution >= 0.6 is 11.6 Å². The first kappa shape index (κ1) is 23.5. The van der Waals surface area contributed by atoms with Crippen molar-refractivity contribution >= 4 is 35.0 Å². The van der Waals surface area contributed by atoms with Crippen LogP contribution in [0.25, 0.3) is 0 Å². The maximum Gasteiger partial charge on any atom is 0.253 e. The van der Waals surface area contributed by atoms with E-state index in [2.05, 4.69) is 5.32 Å². The van der Waals surface area contributed by atoms with E-state index in [1.54, 1.807) is 30.1 Å². The molecule has 1 aliphatic heterocycles. The number of carbonyl (C=O) groups is 3. The van der Waals surface area contributed by atoms with Crippen LogP contribution in [-0.2, 0) is 9.59 Å². The zero-order chi connectivity index (χ0) is 23.3. The Labute approximate surface area is 191 Å². The number of amides is 3. The van der Waals surface area contributed by atoms with Gasteiger partial charge in [-0.2, -0.15) is 0 Å². The third kappa shape index (κ3) is 5.76. The van der Waals surface area contributed by atoms with E-state index in [-0.39, 0.29) is 30.2 Å². The Morgan fingerprint density at radius 3 is 2.44 bits per heavy atom. The molecule has 0 aromatic heterocycles. The zero-order valence-electron chi connectivity index (χ0n) is 17.9. The van der Waals surface area contributed by atoms with E-state index in [4.69, 9.17) is 16.3 Å². The molecule has 170 valence electrons. The van der Waals surface area contributed by atoms with Gasteiger partial charge in [0, 0.05) is 36.6 Å². The number of halogens is 2. The van der Waals surface area contributed by atoms with Crippen LogP contribution in [0.3, 0.4) is 0 Å². The third-order valence-electron chi connectivity index (χ3n) is 5.42. The molecule has 1 aliphatic rings. The molecule has 0 bridgehead atoms. The van der Waals surface area contributed by atoms with Gasteiger partial charge in [-0.25, -0.2) is 4.39 Å². The molecule has 0 saturated carbocycles. The monoisotopic (exact) mass is 461 g/mol. The lowest BCUT2D eigenvalue weighted by molar-refractivity contribution is -0.138. The van der Waals surface area contributed by atoms with Crippen molar-refractivity contribution in [3.63, 3.8) is 0 Å². The molecule has 0 radical (unpaired) electrons. The minimum Gasteiger partial charge on any atom is -0.495 e. The standard InChI is InChI=1S/C23H25ClFN3O4/c1-27(14-21(29)26-19-13-17(24)5-8-20(19)32-2)22(30)16-9-11-28(12-10-16)23(31)15-3-6-18(25)7-4-15/h3-8,13,16H,9-12,14H2,1-2H3,(H,26,29). The van der Waals surface area contributed by atoms with Gasteiger partial charge in [0.05, 0.1) is 19.3 Å². The molecule has 0 atom stereocenters. The van der Waals surface area contributed by atoms with Crippen molar-refractivity contribution in [1.29, 1.82) is 0 Å². The van der Waals surface area contributed by atoms with Gasteiger partial charge in [-0.05, 0) is 55.3 Å². The molecule has 1 saturated heterocycles. The van der Waals surface area contributed by atoms with E-state index in [1.165, 1.54) is 36.3 Å². The summed E-state index contributed by atoms with van der Waals surface area (Å²) in [5.74, 6) is -0.899. The fourth-order valence-corrected chi connectivity index (χ4v) is 3.85. The average Bonchev–Trinajstić information content (AvgIpc) is 2.79. The zero-order valence-corrected chi connectivity index (χ0v) is 18.7. The summed E-state index contributed by atoms with van der Waals surface area (Å²) < 4.78 is 18.3. The Kier molecular flexibility index (Phi) is 7.69. The molecule has 3 amide bonds. The number of hydrogen-bond donors (Lipinski definition) is 1. The van der Waals surface area contributed by atoms with Crippen LogP contribution < -0.4 is 10.1 Å². The number of nitrogens with one attached hydrogen (secondary N) is 1. The summed E-state index contributed by atoms with van der Waals surface area (Å²) >= 11 is 5.98. The van der Waals surface area contributed by atoms with Crippen LogP contribution in [0.4, 0.5) is 10.1 Å². The van der Waals surface area contributed by atoms with E-state index < -0.39 is 5.82 Å². The number of nitrogens with zero attached hydrogens (tertiary/aromatic N) is 2. The van der Waals surface area contributed by atoms with Gasteiger partial charge in [-0.3, -0.25) is 14.4 Å². The van der Waals surface area contributed by atoms with E-state index >= 15 is 0 Å². The summed E-state index contributed by atoms with van der Waals surface area (Å²) in [6, 6.07) is 10.3. The van der Waals surface area contributed by atoms with E-state index in [0.29, 0.717) is 48.0 Å². The molecule has 1 fully saturated rings. The molecule has 0 spiro atoms. The Balaban J connectivity index is 1.51. The number of anilines is 1. The summed E-state index contributed by atoms with van der Waals surface area (Å²) in [6.45, 7) is 0.724. The summed E-state index contributed by atoms with van der Waals surface area (Å²) in [5, 5.41) is 3.16. The summed E-state index contributed by atoms with van der Waals surface area (Å²) in [7, 11) is 3.06. The number of likely N-dealkylation sites (N-methyl/N-ethyl adjacent to an activating group) is 1. The first-order valence-corrected chi connectivity index (χ1v) is 10.6. The van der Waals surface area contributed by atoms with Crippen molar-refractivity contribution in [2.24, 2.45) is 5.92 Å². The molecular weight excluding hydrogens is 437 g/mol. The number of piperidine rings is 1. The highest BCUT2D eigenvalue weighted by Crippen LogP contribution is 2.27. The molecule has 3 rings (SSSR count). The lowest BCUT2D eigenvalue weighted by atomic mass is 9.95. The van der Waals surface area contributed by atoms with Gasteiger partial charge in [0.25, 0.3) is 5.91 Å². The highest BCUT2D eigenvalue weighted by Gasteiger charge is 2.30. The van der Waals surface area contributed by atoms with Crippen LogP contribution in [0.1, 0.15) is 23.2 Å². The SMILES string of the molecule is COc1ccc(Cl)cc1NC(=O)CN(C)C(=O)C1CCN(C(=O)c2ccc(F)cc2)CC1. The molecule has 7 nitrogen and oxygen atoms in total. The van der Waals surface area contributed by atoms with Crippen LogP contribution in [0.2, 0.25) is 5.02 Å². The fourth-order valence-electron chi connectivity index (χ4n) is 3.68. The normalized spacial score (nSPS) is 14.1. The van der Waals surface area contributed by atoms with Crippen LogP contribution in [-0.4, -0.2) is 61.3 Å². The lowest BCUT2D eigenvalue weighted by Crippen LogP contribution is -2.45. The quantitative estimate of drug-likeness (QED) is 0.714. The second-order valence-electron chi connectivity index (χ2n) is 7.66. The molecular formula is C23H25ClFN3O4. The topological polar surface area (TPSA) is 79.0 Å². The van der Waals surface area contributed by atoms with Gasteiger partial charge in [0.15, 0.2) is 0 Å². The highest BCUT2D eigenvalue weighted by molar-refractivity contribution is 6.31. The third-order valence-corrected chi connectivity index (χ3v) is 5.65. The molecule has 2 aromatic carbocycles. The molecule has 9 heteroatoms. The average molecular weight is 462 g/mol. The number of ether oxygens (including phenoxy) is 1. The first-order chi connectivity index (χ1) is 15.3. The predicted octanol–water partition coefficient (Wildman–Crippen LogP) is 3.44. The Morgan fingerprint density at radius 2 is 1.81 bits per heavy atom. The maximum atomic E-state index is 13.1. The Hall–Kier alpha value is -3.13. The van der Waals surface area contributed by atoms with Crippen molar-refractivity contribution in [3.8, 4) is 5.75 Å². The molecule has 0 aliphatic carbocycles. The number of benzene rings is 2. The van der Waals surface area contributed by atoms with Gasteiger partial charge < -0.3 is 19.9 Å². The fraction of sp³-hybridized carbons (Fsp3) is 0.348. The van der Waals surface area contributed by atoms with Crippen molar-refractivity contribution in [2.45, 2.75) is 12.8 Å². The van der Waals surface area contributed by atoms with Crippen LogP contribution in [0.5, 0.6) is 5.75 Å². The maximum absolute atomic E-state index is 13.1. The van der Waals surface area contributed by atoms with Gasteiger partial charge in [0.2, 0.25) is 11.8 Å². The Morgan fingerprint density at radius 1 is 1.16 bits per heavy atom. The first-order valence-electron chi connectivity index (χ1n) is 10.2. The summed E-state index contributed by atoms with van der Waals surface area (Å²) in [5.41, 5.74) is 0.847. The lowest BCUT2D eigenvalue weighted by Gasteiger charge is -2.33. The highest BCUT2D eigenvalue weighted by atomic mass is 35.5. The number of rotatable bonds is 6. The van der Waals surface area contributed by atoms with Gasteiger partial charge in [0.1, 0.15) is 11.6 Å². The van der Waals surface area contributed by atoms with Crippen molar-refractivity contribution in [1.82, 2.24) is 9.80 Å². The molecule has 32 heavy (non-hydrogen) atoms. The van der Waals surface area contributed by atoms with E-state index in [9.17, 15) is 18.8 Å². The Bertz CT molecular complexity index is 991. The second-order valence-corrected chi connectivity index (χ2v) is 8.10. The molecule has 1 N–H and O–H groups in total. The van der Waals surface area contributed by atoms with Gasteiger partial charge >= 0.3 is 0 Å².